The summed E-state index contributed by atoms with van der Waals surface area (Å²) >= 11 is 1.40. The molecule has 1 aromatic heterocycles. The van der Waals surface area contributed by atoms with Gasteiger partial charge in [0.05, 0.1) is 10.6 Å². The summed E-state index contributed by atoms with van der Waals surface area (Å²) in [6, 6.07) is 21.1. The first-order chi connectivity index (χ1) is 16.4. The summed E-state index contributed by atoms with van der Waals surface area (Å²) in [6.45, 7) is 2.58. The average Bonchev–Trinajstić information content (AvgIpc) is 3.32. The average molecular weight is 492 g/mol. The molecule has 174 valence electrons. The summed E-state index contributed by atoms with van der Waals surface area (Å²) in [6.07, 6.45) is 0.969. The van der Waals surface area contributed by atoms with Crippen LogP contribution in [0.1, 0.15) is 18.4 Å². The van der Waals surface area contributed by atoms with E-state index in [2.05, 4.69) is 28.5 Å². The SMILES string of the molecule is Cc1ccc(S(=O)(=O)N2CCC(C(=O)Nc3nc(-c4cccc5ccccc45)cs3)CC2)cc1. The van der Waals surface area contributed by atoms with Gasteiger partial charge in [-0.15, -0.1) is 11.3 Å². The van der Waals surface area contributed by atoms with Crippen LogP contribution in [0.15, 0.2) is 77.0 Å². The lowest BCUT2D eigenvalue weighted by atomic mass is 9.97. The second-order valence-corrected chi connectivity index (χ2v) is 11.3. The Kier molecular flexibility index (Phi) is 6.20. The van der Waals surface area contributed by atoms with Gasteiger partial charge in [-0.1, -0.05) is 60.2 Å². The van der Waals surface area contributed by atoms with Crippen LogP contribution in [-0.2, 0) is 14.8 Å². The van der Waals surface area contributed by atoms with Gasteiger partial charge in [-0.05, 0) is 42.7 Å². The molecule has 34 heavy (non-hydrogen) atoms. The molecule has 0 saturated carbocycles. The molecule has 2 heterocycles. The Hall–Kier alpha value is -3.07. The number of piperidine rings is 1. The number of anilines is 1. The molecule has 0 spiro atoms. The van der Waals surface area contributed by atoms with Gasteiger partial charge in [-0.2, -0.15) is 4.31 Å². The number of nitrogens with zero attached hydrogens (tertiary/aromatic N) is 2. The first kappa shape index (κ1) is 22.7. The van der Waals surface area contributed by atoms with Crippen molar-refractivity contribution < 1.29 is 13.2 Å². The second kappa shape index (κ2) is 9.29. The molecule has 4 aromatic rings. The summed E-state index contributed by atoms with van der Waals surface area (Å²) in [5.41, 5.74) is 2.88. The van der Waals surface area contributed by atoms with Crippen molar-refractivity contribution in [2.45, 2.75) is 24.7 Å². The Balaban J connectivity index is 1.23. The fourth-order valence-electron chi connectivity index (χ4n) is 4.33. The van der Waals surface area contributed by atoms with Crippen molar-refractivity contribution in [3.63, 3.8) is 0 Å². The van der Waals surface area contributed by atoms with Crippen molar-refractivity contribution in [1.82, 2.24) is 9.29 Å². The first-order valence-corrected chi connectivity index (χ1v) is 13.5. The van der Waals surface area contributed by atoms with Gasteiger partial charge >= 0.3 is 0 Å². The van der Waals surface area contributed by atoms with E-state index in [1.54, 1.807) is 24.3 Å². The summed E-state index contributed by atoms with van der Waals surface area (Å²) < 4.78 is 27.3. The Bertz CT molecular complexity index is 1430. The Morgan fingerprint density at radius 3 is 2.47 bits per heavy atom. The second-order valence-electron chi connectivity index (χ2n) is 8.55. The van der Waals surface area contributed by atoms with Gasteiger partial charge in [0.25, 0.3) is 0 Å². The summed E-state index contributed by atoms with van der Waals surface area (Å²) in [4.78, 5) is 17.8. The number of carbonyl (C=O) groups excluding carboxylic acids is 1. The van der Waals surface area contributed by atoms with Crippen LogP contribution in [0.4, 0.5) is 5.13 Å². The fraction of sp³-hybridized carbons (Fsp3) is 0.231. The zero-order valence-corrected chi connectivity index (χ0v) is 20.4. The minimum Gasteiger partial charge on any atom is -0.302 e. The number of carbonyl (C=O) groups is 1. The Labute approximate surface area is 203 Å². The third kappa shape index (κ3) is 4.49. The molecular weight excluding hydrogens is 466 g/mol. The third-order valence-corrected chi connectivity index (χ3v) is 8.95. The maximum Gasteiger partial charge on any atom is 0.243 e. The van der Waals surface area contributed by atoms with Gasteiger partial charge in [0.2, 0.25) is 15.9 Å². The molecule has 1 N–H and O–H groups in total. The van der Waals surface area contributed by atoms with E-state index in [1.807, 2.05) is 36.6 Å². The van der Waals surface area contributed by atoms with E-state index in [1.165, 1.54) is 15.6 Å². The molecule has 5 rings (SSSR count). The predicted molar refractivity (Wildman–Crippen MR) is 136 cm³/mol. The van der Waals surface area contributed by atoms with Gasteiger partial charge in [-0.25, -0.2) is 13.4 Å². The quantitative estimate of drug-likeness (QED) is 0.410. The molecule has 0 unspecified atom stereocenters. The number of sulfonamides is 1. The lowest BCUT2D eigenvalue weighted by Crippen LogP contribution is -2.41. The van der Waals surface area contributed by atoms with E-state index in [4.69, 9.17) is 0 Å². The molecular formula is C26H25N3O3S2. The lowest BCUT2D eigenvalue weighted by Gasteiger charge is -2.30. The normalized spacial score (nSPS) is 15.4. The number of hydrogen-bond donors (Lipinski definition) is 1. The van der Waals surface area contributed by atoms with Crippen LogP contribution in [0.2, 0.25) is 0 Å². The number of amides is 1. The van der Waals surface area contributed by atoms with Gasteiger partial charge in [0.15, 0.2) is 5.13 Å². The molecule has 1 amide bonds. The number of rotatable bonds is 5. The molecule has 3 aromatic carbocycles. The highest BCUT2D eigenvalue weighted by Gasteiger charge is 2.32. The molecule has 0 atom stereocenters. The standard InChI is InChI=1S/C26H25N3O3S2/c1-18-9-11-21(12-10-18)34(31,32)29-15-13-20(14-16-29)25(30)28-26-27-24(17-33-26)23-8-4-6-19-5-2-3-7-22(19)23/h2-12,17,20H,13-16H2,1H3,(H,27,28,30). The van der Waals surface area contributed by atoms with Gasteiger partial charge in [-0.3, -0.25) is 4.79 Å². The summed E-state index contributed by atoms with van der Waals surface area (Å²) in [5.74, 6) is -0.347. The first-order valence-electron chi connectivity index (χ1n) is 11.2. The highest BCUT2D eigenvalue weighted by Crippen LogP contribution is 2.32. The molecule has 1 saturated heterocycles. The summed E-state index contributed by atoms with van der Waals surface area (Å²) in [5, 5.41) is 7.72. The van der Waals surface area contributed by atoms with Crippen LogP contribution >= 0.6 is 11.3 Å². The topological polar surface area (TPSA) is 79.4 Å². The highest BCUT2D eigenvalue weighted by atomic mass is 32.2. The maximum absolute atomic E-state index is 12.9. The van der Waals surface area contributed by atoms with E-state index < -0.39 is 10.0 Å². The molecule has 8 heteroatoms. The predicted octanol–water partition coefficient (Wildman–Crippen LogP) is 5.31. The van der Waals surface area contributed by atoms with Crippen molar-refractivity contribution >= 4 is 43.2 Å². The van der Waals surface area contributed by atoms with E-state index in [0.717, 1.165) is 27.6 Å². The van der Waals surface area contributed by atoms with Gasteiger partial charge < -0.3 is 5.32 Å². The lowest BCUT2D eigenvalue weighted by molar-refractivity contribution is -0.120. The van der Waals surface area contributed by atoms with E-state index in [-0.39, 0.29) is 11.8 Å². The van der Waals surface area contributed by atoms with Crippen LogP contribution in [0.3, 0.4) is 0 Å². The number of thiazole rings is 1. The molecule has 0 radical (unpaired) electrons. The Morgan fingerprint density at radius 1 is 1.00 bits per heavy atom. The highest BCUT2D eigenvalue weighted by molar-refractivity contribution is 7.89. The van der Waals surface area contributed by atoms with Gasteiger partial charge in [0.1, 0.15) is 0 Å². The monoisotopic (exact) mass is 491 g/mol. The number of aromatic nitrogens is 1. The van der Waals surface area contributed by atoms with Crippen molar-refractivity contribution in [2.24, 2.45) is 5.92 Å². The van der Waals surface area contributed by atoms with E-state index in [0.29, 0.717) is 36.0 Å². The van der Waals surface area contributed by atoms with Gasteiger partial charge in [0, 0.05) is 30.0 Å². The molecule has 1 aliphatic heterocycles. The molecule has 1 fully saturated rings. The third-order valence-electron chi connectivity index (χ3n) is 6.28. The largest absolute Gasteiger partial charge is 0.302 e. The van der Waals surface area contributed by atoms with Crippen molar-refractivity contribution in [3.8, 4) is 11.3 Å². The molecule has 6 nitrogen and oxygen atoms in total. The van der Waals surface area contributed by atoms with Crippen LogP contribution in [-0.4, -0.2) is 36.7 Å². The van der Waals surface area contributed by atoms with Crippen LogP contribution in [0.25, 0.3) is 22.0 Å². The number of nitrogens with one attached hydrogen (secondary N) is 1. The zero-order valence-electron chi connectivity index (χ0n) is 18.8. The van der Waals surface area contributed by atoms with E-state index >= 15 is 0 Å². The number of fused-ring (bicyclic) bond motifs is 1. The number of aryl methyl sites for hydroxylation is 1. The smallest absolute Gasteiger partial charge is 0.243 e. The summed E-state index contributed by atoms with van der Waals surface area (Å²) in [7, 11) is -3.54. The van der Waals surface area contributed by atoms with E-state index in [9.17, 15) is 13.2 Å². The number of benzene rings is 3. The number of hydrogen-bond acceptors (Lipinski definition) is 5. The maximum atomic E-state index is 12.9. The zero-order chi connectivity index (χ0) is 23.7. The van der Waals surface area contributed by atoms with Crippen molar-refractivity contribution in [3.05, 3.63) is 77.7 Å². The van der Waals surface area contributed by atoms with Crippen molar-refractivity contribution in [2.75, 3.05) is 18.4 Å². The molecule has 0 bridgehead atoms. The van der Waals surface area contributed by atoms with Crippen LogP contribution in [0.5, 0.6) is 0 Å². The minimum absolute atomic E-state index is 0.105. The van der Waals surface area contributed by atoms with Crippen LogP contribution in [0, 0.1) is 12.8 Å². The Morgan fingerprint density at radius 2 is 1.71 bits per heavy atom. The fourth-order valence-corrected chi connectivity index (χ4v) is 6.51. The molecule has 1 aliphatic rings. The molecule has 0 aliphatic carbocycles. The van der Waals surface area contributed by atoms with Crippen molar-refractivity contribution in [1.29, 1.82) is 0 Å². The minimum atomic E-state index is -3.54. The van der Waals surface area contributed by atoms with Crippen LogP contribution < -0.4 is 5.32 Å².